The molecule has 4 heteroatoms. The molecule has 0 aliphatic carbocycles. The van der Waals surface area contributed by atoms with Crippen LogP contribution in [0.25, 0.3) is 77.5 Å². The molecule has 2 aromatic heterocycles. The van der Waals surface area contributed by atoms with Crippen LogP contribution in [0.3, 0.4) is 0 Å². The van der Waals surface area contributed by atoms with E-state index in [0.717, 1.165) is 44.8 Å². The molecule has 52 heavy (non-hydrogen) atoms. The summed E-state index contributed by atoms with van der Waals surface area (Å²) in [6.45, 7) is 4.27. The first-order valence-electron chi connectivity index (χ1n) is 17.8. The number of aromatic nitrogens is 4. The van der Waals surface area contributed by atoms with E-state index >= 15 is 0 Å². The van der Waals surface area contributed by atoms with Crippen molar-refractivity contribution in [2.45, 2.75) is 13.8 Å². The van der Waals surface area contributed by atoms with E-state index < -0.39 is 0 Å². The number of aryl methyl sites for hydroxylation is 2. The Morgan fingerprint density at radius 3 is 1.19 bits per heavy atom. The number of benzene rings is 8. The first-order chi connectivity index (χ1) is 25.6. The topological polar surface area (TPSA) is 17.6 Å². The molecule has 0 aliphatic heterocycles. The Morgan fingerprint density at radius 2 is 0.750 bits per heavy atom. The first kappa shape index (κ1) is 30.1. The molecular formula is C48H36N4+2. The Kier molecular flexibility index (Phi) is 6.90. The second-order valence-electron chi connectivity index (χ2n) is 13.7. The third-order valence-electron chi connectivity index (χ3n) is 10.5. The zero-order chi connectivity index (χ0) is 34.8. The van der Waals surface area contributed by atoms with Gasteiger partial charge in [-0.05, 0) is 96.1 Å². The fourth-order valence-corrected chi connectivity index (χ4v) is 7.88. The van der Waals surface area contributed by atoms with E-state index in [4.69, 9.17) is 0 Å². The summed E-state index contributed by atoms with van der Waals surface area (Å²) in [6.07, 6.45) is 4.51. The lowest BCUT2D eigenvalue weighted by Crippen LogP contribution is -2.28. The van der Waals surface area contributed by atoms with Crippen LogP contribution in [0, 0.1) is 13.8 Å². The molecule has 0 radical (unpaired) electrons. The maximum Gasteiger partial charge on any atom is 0.255 e. The number of nitrogens with zero attached hydrogens (tertiary/aromatic N) is 4. The van der Waals surface area contributed by atoms with Crippen molar-refractivity contribution in [1.29, 1.82) is 0 Å². The molecule has 0 saturated heterocycles. The average Bonchev–Trinajstić information content (AvgIpc) is 3.77. The second-order valence-corrected chi connectivity index (χ2v) is 13.7. The van der Waals surface area contributed by atoms with Crippen molar-refractivity contribution in [3.05, 3.63) is 194 Å². The third kappa shape index (κ3) is 4.76. The summed E-state index contributed by atoms with van der Waals surface area (Å²) in [4.78, 5) is 0. The van der Waals surface area contributed by atoms with Gasteiger partial charge in [0.1, 0.15) is 22.7 Å². The van der Waals surface area contributed by atoms with Gasteiger partial charge in [-0.3, -0.25) is 0 Å². The van der Waals surface area contributed by atoms with Crippen LogP contribution in [0.15, 0.2) is 183 Å². The molecular weight excluding hydrogens is 633 g/mol. The summed E-state index contributed by atoms with van der Waals surface area (Å²) in [6, 6.07) is 61.7. The van der Waals surface area contributed by atoms with E-state index in [1.165, 1.54) is 43.8 Å². The van der Waals surface area contributed by atoms with Gasteiger partial charge in [-0.15, -0.1) is 0 Å². The highest BCUT2D eigenvalue weighted by atomic mass is 15.2. The Balaban J connectivity index is 1.32. The maximum absolute atomic E-state index is 2.38. The summed E-state index contributed by atoms with van der Waals surface area (Å²) in [5, 5.41) is 4.82. The number of fused-ring (bicyclic) bond motifs is 4. The average molecular weight is 669 g/mol. The van der Waals surface area contributed by atoms with Crippen molar-refractivity contribution in [3.8, 4) is 33.9 Å². The largest absolute Gasteiger partial charge is 0.255 e. The van der Waals surface area contributed by atoms with Crippen molar-refractivity contribution in [3.63, 3.8) is 0 Å². The molecule has 4 nitrogen and oxygen atoms in total. The number of hydrogen-bond acceptors (Lipinski definition) is 0. The molecule has 0 amide bonds. The molecule has 0 bridgehead atoms. The molecule has 0 N–H and O–H groups in total. The molecule has 0 unspecified atom stereocenters. The van der Waals surface area contributed by atoms with E-state index in [2.05, 4.69) is 215 Å². The summed E-state index contributed by atoms with van der Waals surface area (Å²) in [7, 11) is 0. The highest BCUT2D eigenvalue weighted by Crippen LogP contribution is 2.43. The van der Waals surface area contributed by atoms with E-state index in [9.17, 15) is 0 Å². The molecule has 2 heterocycles. The summed E-state index contributed by atoms with van der Waals surface area (Å²) < 4.78 is 9.37. The van der Waals surface area contributed by atoms with Gasteiger partial charge < -0.3 is 0 Å². The minimum atomic E-state index is 1.13. The molecule has 10 rings (SSSR count). The van der Waals surface area contributed by atoms with Crippen LogP contribution < -0.4 is 9.13 Å². The zero-order valence-electron chi connectivity index (χ0n) is 29.1. The SMILES string of the molecule is Cc1ccc(-[n+]2cn(-c3ccc4ccccc4c3-c3c(-n4c[n+](-c5ccc(C)cc5)c5ccccc54)ccc4ccccc34)c3ccccc32)cc1. The maximum atomic E-state index is 2.38. The van der Waals surface area contributed by atoms with E-state index in [1.54, 1.807) is 0 Å². The molecule has 0 aliphatic rings. The summed E-state index contributed by atoms with van der Waals surface area (Å²) in [5.74, 6) is 0. The highest BCUT2D eigenvalue weighted by molar-refractivity contribution is 6.11. The second kappa shape index (κ2) is 11.9. The number of para-hydroxylation sites is 4. The molecule has 246 valence electrons. The third-order valence-corrected chi connectivity index (χ3v) is 10.5. The summed E-state index contributed by atoms with van der Waals surface area (Å²) in [5.41, 5.74) is 14.0. The van der Waals surface area contributed by atoms with Gasteiger partial charge in [0, 0.05) is 11.1 Å². The fraction of sp³-hybridized carbons (Fsp3) is 0.0417. The van der Waals surface area contributed by atoms with Crippen LogP contribution in [-0.2, 0) is 0 Å². The van der Waals surface area contributed by atoms with Gasteiger partial charge in [0.05, 0.1) is 0 Å². The standard InChI is InChI=1S/C48H36N4/c1-33-19-25-37(26-20-33)49-31-51(43-17-9-7-15-41(43)49)45-29-23-35-11-3-5-13-39(35)47(45)48-40-14-6-4-12-36(40)24-30-46(48)52-32-50(38-27-21-34(2)22-28-38)42-16-8-10-18-44(42)52/h3-32H,1-2H3/q+2. The van der Waals surface area contributed by atoms with Gasteiger partial charge in [-0.2, -0.15) is 18.3 Å². The smallest absolute Gasteiger partial charge is 0.195 e. The fourth-order valence-electron chi connectivity index (χ4n) is 7.88. The van der Waals surface area contributed by atoms with Gasteiger partial charge in [0.25, 0.3) is 12.7 Å². The van der Waals surface area contributed by atoms with Crippen molar-refractivity contribution in [2.75, 3.05) is 0 Å². The van der Waals surface area contributed by atoms with Crippen molar-refractivity contribution in [2.24, 2.45) is 0 Å². The lowest BCUT2D eigenvalue weighted by molar-refractivity contribution is -0.568. The lowest BCUT2D eigenvalue weighted by Gasteiger charge is -2.16. The number of imidazole rings is 2. The van der Waals surface area contributed by atoms with Gasteiger partial charge in [0.2, 0.25) is 0 Å². The van der Waals surface area contributed by atoms with Crippen LogP contribution in [0.4, 0.5) is 0 Å². The predicted octanol–water partition coefficient (Wildman–Crippen LogP) is 10.7. The van der Waals surface area contributed by atoms with Crippen LogP contribution in [0.1, 0.15) is 11.1 Å². The van der Waals surface area contributed by atoms with Crippen LogP contribution in [-0.4, -0.2) is 9.13 Å². The van der Waals surface area contributed by atoms with Gasteiger partial charge in [-0.25, -0.2) is 0 Å². The number of hydrogen-bond donors (Lipinski definition) is 0. The van der Waals surface area contributed by atoms with Crippen molar-refractivity contribution in [1.82, 2.24) is 9.13 Å². The van der Waals surface area contributed by atoms with Crippen molar-refractivity contribution >= 4 is 43.6 Å². The first-order valence-corrected chi connectivity index (χ1v) is 17.8. The molecule has 0 fully saturated rings. The lowest BCUT2D eigenvalue weighted by atomic mass is 9.90. The Hall–Kier alpha value is -6.78. The van der Waals surface area contributed by atoms with Crippen molar-refractivity contribution < 1.29 is 9.13 Å². The molecule has 10 aromatic rings. The normalized spacial score (nSPS) is 11.7. The Labute approximate surface area is 302 Å². The van der Waals surface area contributed by atoms with E-state index in [1.807, 2.05) is 0 Å². The molecule has 8 aromatic carbocycles. The van der Waals surface area contributed by atoms with Crippen LogP contribution in [0.5, 0.6) is 0 Å². The summed E-state index contributed by atoms with van der Waals surface area (Å²) >= 11 is 0. The van der Waals surface area contributed by atoms with Gasteiger partial charge >= 0.3 is 0 Å². The van der Waals surface area contributed by atoms with Gasteiger partial charge in [0.15, 0.2) is 22.1 Å². The van der Waals surface area contributed by atoms with E-state index in [0.29, 0.717) is 0 Å². The van der Waals surface area contributed by atoms with Gasteiger partial charge in [-0.1, -0.05) is 120 Å². The monoisotopic (exact) mass is 668 g/mol. The predicted molar refractivity (Wildman–Crippen MR) is 213 cm³/mol. The Bertz CT molecular complexity index is 2760. The van der Waals surface area contributed by atoms with Crippen LogP contribution >= 0.6 is 0 Å². The highest BCUT2D eigenvalue weighted by Gasteiger charge is 2.28. The minimum absolute atomic E-state index is 1.13. The zero-order valence-corrected chi connectivity index (χ0v) is 29.1. The Morgan fingerprint density at radius 1 is 0.365 bits per heavy atom. The van der Waals surface area contributed by atoms with Crippen LogP contribution in [0.2, 0.25) is 0 Å². The minimum Gasteiger partial charge on any atom is -0.195 e. The molecule has 0 saturated carbocycles. The molecule has 0 spiro atoms. The van der Waals surface area contributed by atoms with E-state index in [-0.39, 0.29) is 0 Å². The number of rotatable bonds is 5. The molecule has 0 atom stereocenters. The quantitative estimate of drug-likeness (QED) is 0.163.